The van der Waals surface area contributed by atoms with E-state index in [1.165, 1.54) is 6.92 Å². The van der Waals surface area contributed by atoms with Gasteiger partial charge in [-0.25, -0.2) is 4.98 Å². The molecule has 0 aromatic carbocycles. The van der Waals surface area contributed by atoms with Crippen molar-refractivity contribution in [2.75, 3.05) is 36.8 Å². The zero-order valence-electron chi connectivity index (χ0n) is 11.5. The van der Waals surface area contributed by atoms with Gasteiger partial charge in [0.1, 0.15) is 5.82 Å². The van der Waals surface area contributed by atoms with Crippen LogP contribution in [0.15, 0.2) is 6.07 Å². The SMILES string of the molecule is CC(=O)N1CCCN(c2cc(C(F)(F)F)nc(N)n2)CC1. The second-order valence-electron chi connectivity index (χ2n) is 4.81. The van der Waals surface area contributed by atoms with E-state index in [9.17, 15) is 18.0 Å². The normalized spacial score (nSPS) is 16.8. The summed E-state index contributed by atoms with van der Waals surface area (Å²) >= 11 is 0. The smallest absolute Gasteiger partial charge is 0.368 e. The van der Waals surface area contributed by atoms with Gasteiger partial charge in [0.15, 0.2) is 5.69 Å². The zero-order chi connectivity index (χ0) is 15.6. The Morgan fingerprint density at radius 2 is 1.95 bits per heavy atom. The topological polar surface area (TPSA) is 75.4 Å². The number of rotatable bonds is 1. The maximum absolute atomic E-state index is 12.7. The minimum absolute atomic E-state index is 0.0463. The molecule has 0 aliphatic carbocycles. The molecule has 0 atom stereocenters. The molecule has 9 heteroatoms. The third-order valence-electron chi connectivity index (χ3n) is 3.29. The number of nitrogens with zero attached hydrogens (tertiary/aromatic N) is 4. The minimum Gasteiger partial charge on any atom is -0.368 e. The molecule has 6 nitrogen and oxygen atoms in total. The number of amides is 1. The second-order valence-corrected chi connectivity index (χ2v) is 4.81. The summed E-state index contributed by atoms with van der Waals surface area (Å²) in [5.74, 6) is -0.317. The highest BCUT2D eigenvalue weighted by Gasteiger charge is 2.34. The minimum atomic E-state index is -4.57. The lowest BCUT2D eigenvalue weighted by atomic mass is 10.3. The molecule has 0 spiro atoms. The van der Waals surface area contributed by atoms with Gasteiger partial charge >= 0.3 is 6.18 Å². The average Bonchev–Trinajstić information content (AvgIpc) is 2.62. The first kappa shape index (κ1) is 15.3. The molecule has 1 aromatic rings. The number of halogens is 3. The summed E-state index contributed by atoms with van der Waals surface area (Å²) in [5, 5.41) is 0. The van der Waals surface area contributed by atoms with E-state index in [0.29, 0.717) is 32.6 Å². The third kappa shape index (κ3) is 3.73. The molecule has 2 heterocycles. The molecule has 0 bridgehead atoms. The van der Waals surface area contributed by atoms with Gasteiger partial charge in [-0.1, -0.05) is 0 Å². The van der Waals surface area contributed by atoms with Gasteiger partial charge in [-0.05, 0) is 6.42 Å². The van der Waals surface area contributed by atoms with E-state index in [1.807, 2.05) is 0 Å². The van der Waals surface area contributed by atoms with Crippen molar-refractivity contribution in [2.45, 2.75) is 19.5 Å². The number of alkyl halides is 3. The fourth-order valence-electron chi connectivity index (χ4n) is 2.22. The van der Waals surface area contributed by atoms with Crippen LogP contribution in [0.3, 0.4) is 0 Å². The fraction of sp³-hybridized carbons (Fsp3) is 0.583. The van der Waals surface area contributed by atoms with Crippen LogP contribution >= 0.6 is 0 Å². The van der Waals surface area contributed by atoms with Crippen LogP contribution in [0.1, 0.15) is 19.0 Å². The summed E-state index contributed by atoms with van der Waals surface area (Å²) < 4.78 is 38.2. The number of carbonyl (C=O) groups is 1. The molecule has 1 saturated heterocycles. The first-order valence-corrected chi connectivity index (χ1v) is 6.49. The van der Waals surface area contributed by atoms with Crippen LogP contribution in [-0.4, -0.2) is 47.0 Å². The monoisotopic (exact) mass is 303 g/mol. The Morgan fingerprint density at radius 1 is 1.24 bits per heavy atom. The van der Waals surface area contributed by atoms with E-state index in [1.54, 1.807) is 9.80 Å². The Kier molecular flexibility index (Phi) is 4.19. The second kappa shape index (κ2) is 5.74. The molecule has 0 saturated carbocycles. The third-order valence-corrected chi connectivity index (χ3v) is 3.29. The summed E-state index contributed by atoms with van der Waals surface area (Å²) in [6.07, 6.45) is -3.91. The lowest BCUT2D eigenvalue weighted by Crippen LogP contribution is -2.34. The molecule has 116 valence electrons. The van der Waals surface area contributed by atoms with Crippen LogP contribution in [-0.2, 0) is 11.0 Å². The Hall–Kier alpha value is -2.06. The number of hydrogen-bond acceptors (Lipinski definition) is 5. The van der Waals surface area contributed by atoms with Gasteiger partial charge in [0.25, 0.3) is 0 Å². The Morgan fingerprint density at radius 3 is 2.57 bits per heavy atom. The van der Waals surface area contributed by atoms with Crippen LogP contribution in [0.2, 0.25) is 0 Å². The van der Waals surface area contributed by atoms with Gasteiger partial charge in [0, 0.05) is 39.2 Å². The molecule has 2 N–H and O–H groups in total. The highest BCUT2D eigenvalue weighted by atomic mass is 19.4. The highest BCUT2D eigenvalue weighted by Crippen LogP contribution is 2.30. The summed E-state index contributed by atoms with van der Waals surface area (Å²) in [4.78, 5) is 21.8. The number of hydrogen-bond donors (Lipinski definition) is 1. The van der Waals surface area contributed by atoms with Gasteiger partial charge in [-0.2, -0.15) is 18.2 Å². The molecule has 1 fully saturated rings. The summed E-state index contributed by atoms with van der Waals surface area (Å²) in [6, 6.07) is 0.889. The van der Waals surface area contributed by atoms with Gasteiger partial charge in [0.2, 0.25) is 11.9 Å². The number of nitrogens with two attached hydrogens (primary N) is 1. The van der Waals surface area contributed by atoms with E-state index in [-0.39, 0.29) is 11.7 Å². The maximum atomic E-state index is 12.7. The van der Waals surface area contributed by atoms with Crippen molar-refractivity contribution in [1.82, 2.24) is 14.9 Å². The molecule has 0 radical (unpaired) electrons. The van der Waals surface area contributed by atoms with Crippen molar-refractivity contribution in [3.8, 4) is 0 Å². The molecule has 1 aliphatic heterocycles. The lowest BCUT2D eigenvalue weighted by Gasteiger charge is -2.23. The molecule has 1 amide bonds. The first-order valence-electron chi connectivity index (χ1n) is 6.49. The van der Waals surface area contributed by atoms with Crippen LogP contribution in [0.25, 0.3) is 0 Å². The predicted molar refractivity (Wildman–Crippen MR) is 70.5 cm³/mol. The molecular formula is C12H16F3N5O. The standard InChI is InChI=1S/C12H16F3N5O/c1-8(21)19-3-2-4-20(6-5-19)10-7-9(12(13,14)15)17-11(16)18-10/h7H,2-6H2,1H3,(H2,16,17,18). The Balaban J connectivity index is 2.22. The van der Waals surface area contributed by atoms with E-state index >= 15 is 0 Å². The fourth-order valence-corrected chi connectivity index (χ4v) is 2.22. The van der Waals surface area contributed by atoms with E-state index < -0.39 is 17.8 Å². The van der Waals surface area contributed by atoms with Gasteiger partial charge < -0.3 is 15.5 Å². The molecule has 0 unspecified atom stereocenters. The number of carbonyl (C=O) groups excluding carboxylic acids is 1. The summed E-state index contributed by atoms with van der Waals surface area (Å²) in [6.45, 7) is 3.42. The summed E-state index contributed by atoms with van der Waals surface area (Å²) in [5.41, 5.74) is 4.31. The number of aromatic nitrogens is 2. The largest absolute Gasteiger partial charge is 0.433 e. The highest BCUT2D eigenvalue weighted by molar-refractivity contribution is 5.73. The molecule has 21 heavy (non-hydrogen) atoms. The van der Waals surface area contributed by atoms with Crippen LogP contribution in [0, 0.1) is 0 Å². The maximum Gasteiger partial charge on any atom is 0.433 e. The van der Waals surface area contributed by atoms with Gasteiger partial charge in [0.05, 0.1) is 0 Å². The molecule has 1 aromatic heterocycles. The lowest BCUT2D eigenvalue weighted by molar-refractivity contribution is -0.141. The quantitative estimate of drug-likeness (QED) is 0.842. The van der Waals surface area contributed by atoms with Gasteiger partial charge in [-0.15, -0.1) is 0 Å². The van der Waals surface area contributed by atoms with Crippen molar-refractivity contribution in [3.05, 3.63) is 11.8 Å². The van der Waals surface area contributed by atoms with Crippen molar-refractivity contribution in [3.63, 3.8) is 0 Å². The van der Waals surface area contributed by atoms with Crippen molar-refractivity contribution < 1.29 is 18.0 Å². The van der Waals surface area contributed by atoms with Gasteiger partial charge in [-0.3, -0.25) is 4.79 Å². The van der Waals surface area contributed by atoms with Crippen LogP contribution in [0.4, 0.5) is 24.9 Å². The van der Waals surface area contributed by atoms with E-state index in [4.69, 9.17) is 5.73 Å². The van der Waals surface area contributed by atoms with E-state index in [0.717, 1.165) is 6.07 Å². The molecule has 2 rings (SSSR count). The molecular weight excluding hydrogens is 287 g/mol. The summed E-state index contributed by atoms with van der Waals surface area (Å²) in [7, 11) is 0. The Labute approximate surface area is 119 Å². The number of nitrogen functional groups attached to an aromatic ring is 1. The zero-order valence-corrected chi connectivity index (χ0v) is 11.5. The average molecular weight is 303 g/mol. The predicted octanol–water partition coefficient (Wildman–Crippen LogP) is 1.14. The first-order chi connectivity index (χ1) is 9.77. The Bertz CT molecular complexity index is 534. The van der Waals surface area contributed by atoms with E-state index in [2.05, 4.69) is 9.97 Å². The van der Waals surface area contributed by atoms with Crippen molar-refractivity contribution >= 4 is 17.7 Å². The van der Waals surface area contributed by atoms with Crippen molar-refractivity contribution in [2.24, 2.45) is 0 Å². The van der Waals surface area contributed by atoms with Crippen molar-refractivity contribution in [1.29, 1.82) is 0 Å². The number of anilines is 2. The van der Waals surface area contributed by atoms with Crippen LogP contribution < -0.4 is 10.6 Å². The van der Waals surface area contributed by atoms with Crippen LogP contribution in [0.5, 0.6) is 0 Å². The molecule has 1 aliphatic rings.